The van der Waals surface area contributed by atoms with Crippen LogP contribution < -0.4 is 9.47 Å². The number of benzene rings is 6. The summed E-state index contributed by atoms with van der Waals surface area (Å²) in [5.74, 6) is -0.108. The van der Waals surface area contributed by atoms with E-state index in [2.05, 4.69) is 67.3 Å². The summed E-state index contributed by atoms with van der Waals surface area (Å²) in [6, 6.07) is 48.0. The fourth-order valence-electron chi connectivity index (χ4n) is 11.1. The predicted octanol–water partition coefficient (Wildman–Crippen LogP) is 12.8. The normalized spacial score (nSPS) is 21.7. The molecule has 0 spiro atoms. The Bertz CT molecular complexity index is 2750. The number of rotatable bonds is 21. The molecule has 0 saturated heterocycles. The van der Waals surface area contributed by atoms with Crippen LogP contribution >= 0.6 is 0 Å². The Hall–Kier alpha value is -6.72. The molecule has 6 atom stereocenters. The Labute approximate surface area is 411 Å². The van der Waals surface area contributed by atoms with E-state index in [1.54, 1.807) is 11.0 Å². The third-order valence-corrected chi connectivity index (χ3v) is 14.2. The van der Waals surface area contributed by atoms with Gasteiger partial charge in [-0.1, -0.05) is 145 Å². The summed E-state index contributed by atoms with van der Waals surface area (Å²) >= 11 is 0. The minimum absolute atomic E-state index is 0.0353. The Balaban J connectivity index is 1.22. The van der Waals surface area contributed by atoms with Crippen molar-refractivity contribution in [2.24, 2.45) is 22.9 Å². The van der Waals surface area contributed by atoms with E-state index in [9.17, 15) is 15.0 Å². The number of nitrogens with zero attached hydrogens (tertiary/aromatic N) is 2. The van der Waals surface area contributed by atoms with Crippen LogP contribution in [0.25, 0.3) is 21.9 Å². The summed E-state index contributed by atoms with van der Waals surface area (Å²) in [6.07, 6.45) is 8.41. The number of fused-ring (bicyclic) bond motifs is 3. The lowest BCUT2D eigenvalue weighted by Gasteiger charge is -2.59. The molecular weight excluding hydrogens is 877 g/mol. The highest BCUT2D eigenvalue weighted by atomic mass is 16.7. The average molecular weight is 941 g/mol. The summed E-state index contributed by atoms with van der Waals surface area (Å²) in [7, 11) is 0. The Morgan fingerprint density at radius 1 is 0.814 bits per heavy atom. The highest BCUT2D eigenvalue weighted by Gasteiger charge is 2.65. The van der Waals surface area contributed by atoms with Crippen LogP contribution in [0.1, 0.15) is 74.5 Å². The first kappa shape index (κ1) is 48.3. The zero-order valence-corrected chi connectivity index (χ0v) is 40.0. The smallest absolute Gasteiger partial charge is 0.410 e. The van der Waals surface area contributed by atoms with Crippen LogP contribution in [0.3, 0.4) is 0 Å². The van der Waals surface area contributed by atoms with Crippen molar-refractivity contribution in [3.8, 4) is 28.4 Å². The molecule has 1 amide bonds. The van der Waals surface area contributed by atoms with E-state index in [0.717, 1.165) is 69.8 Å². The predicted molar refractivity (Wildman–Crippen MR) is 275 cm³/mol. The third kappa shape index (κ3) is 10.4. The maximum absolute atomic E-state index is 14.9. The molecule has 3 aliphatic rings. The highest BCUT2D eigenvalue weighted by Crippen LogP contribution is 2.62. The lowest BCUT2D eigenvalue weighted by molar-refractivity contribution is -0.256. The van der Waals surface area contributed by atoms with Gasteiger partial charge >= 0.3 is 6.09 Å². The Morgan fingerprint density at radius 2 is 1.51 bits per heavy atom. The molecule has 0 unspecified atom stereocenters. The van der Waals surface area contributed by atoms with Crippen LogP contribution in [0.2, 0.25) is 0 Å². The van der Waals surface area contributed by atoms with Gasteiger partial charge in [-0.3, -0.25) is 4.90 Å². The van der Waals surface area contributed by atoms with Crippen LogP contribution in [-0.2, 0) is 27.5 Å². The number of aliphatic hydroxyl groups is 2. The van der Waals surface area contributed by atoms with Gasteiger partial charge in [0, 0.05) is 31.1 Å². The van der Waals surface area contributed by atoms with Gasteiger partial charge in [-0.2, -0.15) is 0 Å². The molecule has 1 saturated carbocycles. The van der Waals surface area contributed by atoms with Crippen molar-refractivity contribution in [2.75, 3.05) is 26.4 Å². The van der Waals surface area contributed by atoms with E-state index in [1.165, 1.54) is 0 Å². The van der Waals surface area contributed by atoms with Crippen molar-refractivity contribution in [3.05, 3.63) is 187 Å². The van der Waals surface area contributed by atoms with Gasteiger partial charge < -0.3 is 34.0 Å². The van der Waals surface area contributed by atoms with E-state index in [0.29, 0.717) is 35.8 Å². The van der Waals surface area contributed by atoms with Gasteiger partial charge in [0.05, 0.1) is 31.4 Å². The Kier molecular flexibility index (Phi) is 15.7. The molecule has 6 aromatic rings. The number of hydrogen-bond acceptors (Lipinski definition) is 9. The summed E-state index contributed by atoms with van der Waals surface area (Å²) in [4.78, 5) is 23.0. The number of aliphatic hydroxyl groups excluding tert-OH is 2. The first-order chi connectivity index (χ1) is 34.4. The maximum atomic E-state index is 14.9. The minimum Gasteiger partial charge on any atom is -0.459 e. The zero-order valence-electron chi connectivity index (χ0n) is 40.0. The van der Waals surface area contributed by atoms with E-state index in [-0.39, 0.29) is 63.8 Å². The molecule has 0 bridgehead atoms. The fourth-order valence-corrected chi connectivity index (χ4v) is 11.1. The molecule has 362 valence electrons. The van der Waals surface area contributed by atoms with Crippen LogP contribution in [0.5, 0.6) is 17.2 Å². The maximum Gasteiger partial charge on any atom is 0.410 e. The highest BCUT2D eigenvalue weighted by molar-refractivity contribution is 6.03. The number of allylic oxidation sites excluding steroid dienone is 1. The third-order valence-electron chi connectivity index (χ3n) is 14.2. The first-order valence-corrected chi connectivity index (χ1v) is 24.9. The van der Waals surface area contributed by atoms with E-state index < -0.39 is 23.8 Å². The molecule has 1 aliphatic heterocycles. The number of hydrogen-bond donors (Lipinski definition) is 2. The molecule has 9 rings (SSSR count). The monoisotopic (exact) mass is 940 g/mol. The molecule has 0 radical (unpaired) electrons. The summed E-state index contributed by atoms with van der Waals surface area (Å²) < 4.78 is 27.4. The summed E-state index contributed by atoms with van der Waals surface area (Å²) in [6.45, 7) is 6.88. The summed E-state index contributed by atoms with van der Waals surface area (Å²) in [5.41, 5.74) is 6.78. The van der Waals surface area contributed by atoms with Crippen molar-refractivity contribution in [2.45, 2.75) is 82.8 Å². The first-order valence-electron chi connectivity index (χ1n) is 24.9. The molecule has 1 heterocycles. The van der Waals surface area contributed by atoms with Crippen molar-refractivity contribution in [1.82, 2.24) is 4.90 Å². The molecule has 70 heavy (non-hydrogen) atoms. The van der Waals surface area contributed by atoms with Gasteiger partial charge in [0.15, 0.2) is 0 Å². The molecule has 10 heteroatoms. The molecule has 0 aromatic heterocycles. The van der Waals surface area contributed by atoms with Crippen molar-refractivity contribution < 1.29 is 38.8 Å². The van der Waals surface area contributed by atoms with Crippen LogP contribution in [0.4, 0.5) is 4.79 Å². The number of amides is 1. The van der Waals surface area contributed by atoms with Gasteiger partial charge in [0.25, 0.3) is 0 Å². The second-order valence-electron chi connectivity index (χ2n) is 18.5. The standard InChI is InChI=1S/C60H64N2O8/c1-3-36-67-60-56(62(59(65)66-4-2)40-47-25-17-24-45-22-11-12-26-50(45)47)39-54(61-68-41-42-18-7-5-8-19-42)52-37-46(23-13-15-34-63)51(27-14-16-35-64)57(58(52)60)53-38-49(32-33-55(53)70-60)69-48-30-28-44(29-31-48)43-20-9-6-10-21-43/h3,5-12,17-22,24-26,28-33,37-38,46,51,56-58,63-64H,1,4,13-16,23,27,34-36,39-41H2,2H3/t46-,51+,56-,57+,58+,60+/m0/s1. The molecular formula is C60H64N2O8. The van der Waals surface area contributed by atoms with Crippen LogP contribution in [-0.4, -0.2) is 65.2 Å². The van der Waals surface area contributed by atoms with E-state index >= 15 is 0 Å². The number of ether oxygens (including phenoxy) is 4. The van der Waals surface area contributed by atoms with Crippen LogP contribution in [0, 0.1) is 17.8 Å². The number of carbonyl (C=O) groups excluding carboxylic acids is 1. The topological polar surface area (TPSA) is 119 Å². The Morgan fingerprint density at radius 3 is 2.27 bits per heavy atom. The lowest BCUT2D eigenvalue weighted by Crippen LogP contribution is -2.70. The van der Waals surface area contributed by atoms with Gasteiger partial charge in [0.1, 0.15) is 29.9 Å². The lowest BCUT2D eigenvalue weighted by atomic mass is 9.55. The van der Waals surface area contributed by atoms with E-state index in [1.807, 2.05) is 97.9 Å². The molecule has 6 aromatic carbocycles. The van der Waals surface area contributed by atoms with Gasteiger partial charge in [-0.15, -0.1) is 6.58 Å². The molecule has 2 N–H and O–H groups in total. The second-order valence-corrected chi connectivity index (χ2v) is 18.5. The van der Waals surface area contributed by atoms with Gasteiger partial charge in [-0.25, -0.2) is 4.79 Å². The van der Waals surface area contributed by atoms with Crippen molar-refractivity contribution in [1.29, 1.82) is 0 Å². The summed E-state index contributed by atoms with van der Waals surface area (Å²) in [5, 5.41) is 27.3. The van der Waals surface area contributed by atoms with Crippen LogP contribution in [0.15, 0.2) is 175 Å². The molecule has 2 aliphatic carbocycles. The molecule has 10 nitrogen and oxygen atoms in total. The number of carbonyl (C=O) groups is 1. The quantitative estimate of drug-likeness (QED) is 0.0416. The minimum atomic E-state index is -1.46. The van der Waals surface area contributed by atoms with Crippen molar-refractivity contribution >= 4 is 22.6 Å². The van der Waals surface area contributed by atoms with Gasteiger partial charge in [-0.05, 0) is 113 Å². The second kappa shape index (κ2) is 22.8. The number of unbranched alkanes of at least 4 members (excludes halogenated alkanes) is 2. The fraction of sp³-hybridized carbons (Fsp3) is 0.333. The SMILES string of the molecule is C=CCO[C@@]12Oc3ccc(Oc4ccc(-c5ccccc5)cc4)cc3[C@H]3[C@H](CCCCO)[C@@H](CCCCO)C=C(C(=NOCc4ccccc4)C[C@@H]1N(Cc1cccc4ccccc14)C(=O)OCC)[C@H]32. The van der Waals surface area contributed by atoms with Crippen molar-refractivity contribution in [3.63, 3.8) is 0 Å². The average Bonchev–Trinajstić information content (AvgIpc) is 3.39. The number of oxime groups is 1. The van der Waals surface area contributed by atoms with E-state index in [4.69, 9.17) is 28.9 Å². The zero-order chi connectivity index (χ0) is 48.3. The largest absolute Gasteiger partial charge is 0.459 e. The van der Waals surface area contributed by atoms with Gasteiger partial charge in [0.2, 0.25) is 5.79 Å². The molecule has 1 fully saturated rings.